The minimum atomic E-state index is -0.251. The maximum atomic E-state index is 12.0. The quantitative estimate of drug-likeness (QED) is 0.882. The van der Waals surface area contributed by atoms with Crippen LogP contribution >= 0.6 is 12.4 Å². The molecule has 0 bridgehead atoms. The fourth-order valence-electron chi connectivity index (χ4n) is 1.56. The van der Waals surface area contributed by atoms with E-state index < -0.39 is 0 Å². The van der Waals surface area contributed by atoms with Crippen molar-refractivity contribution in [2.75, 3.05) is 13.1 Å². The molecule has 3 nitrogen and oxygen atoms in total. The van der Waals surface area contributed by atoms with Gasteiger partial charge in [-0.3, -0.25) is 4.79 Å². The van der Waals surface area contributed by atoms with E-state index in [1.807, 2.05) is 30.3 Å². The molecule has 0 fully saturated rings. The lowest BCUT2D eigenvalue weighted by Crippen LogP contribution is -2.38. The predicted octanol–water partition coefficient (Wildman–Crippen LogP) is 2.31. The van der Waals surface area contributed by atoms with Gasteiger partial charge in [-0.2, -0.15) is 0 Å². The second-order valence-corrected chi connectivity index (χ2v) is 5.48. The van der Waals surface area contributed by atoms with Gasteiger partial charge >= 0.3 is 0 Å². The van der Waals surface area contributed by atoms with Crippen molar-refractivity contribution in [3.8, 4) is 0 Å². The van der Waals surface area contributed by atoms with Crippen LogP contribution in [0.3, 0.4) is 0 Å². The fraction of sp³-hybridized carbons (Fsp3) is 0.500. The first-order chi connectivity index (χ1) is 7.94. The van der Waals surface area contributed by atoms with E-state index in [0.29, 0.717) is 13.1 Å². The molecule has 18 heavy (non-hydrogen) atoms. The Bertz CT molecular complexity index is 360. The van der Waals surface area contributed by atoms with Gasteiger partial charge in [-0.1, -0.05) is 51.1 Å². The molecular formula is C14H23ClN2O. The van der Waals surface area contributed by atoms with Crippen molar-refractivity contribution in [1.29, 1.82) is 0 Å². The Morgan fingerprint density at radius 3 is 2.28 bits per heavy atom. The van der Waals surface area contributed by atoms with E-state index in [-0.39, 0.29) is 29.6 Å². The Kier molecular flexibility index (Phi) is 6.96. The molecule has 1 unspecified atom stereocenters. The highest BCUT2D eigenvalue weighted by Crippen LogP contribution is 2.16. The van der Waals surface area contributed by atoms with Crippen LogP contribution in [0.15, 0.2) is 30.3 Å². The minimum Gasteiger partial charge on any atom is -0.355 e. The Balaban J connectivity index is 0.00000289. The van der Waals surface area contributed by atoms with E-state index in [4.69, 9.17) is 5.73 Å². The Hall–Kier alpha value is -1.06. The van der Waals surface area contributed by atoms with Crippen LogP contribution in [0.4, 0.5) is 0 Å². The van der Waals surface area contributed by atoms with E-state index in [9.17, 15) is 4.79 Å². The lowest BCUT2D eigenvalue weighted by Gasteiger charge is -2.21. The fourth-order valence-corrected chi connectivity index (χ4v) is 1.56. The second-order valence-electron chi connectivity index (χ2n) is 5.48. The number of nitrogens with one attached hydrogen (secondary N) is 1. The molecule has 4 heteroatoms. The maximum Gasteiger partial charge on any atom is 0.228 e. The summed E-state index contributed by atoms with van der Waals surface area (Å²) >= 11 is 0. The highest BCUT2D eigenvalue weighted by Gasteiger charge is 2.20. The van der Waals surface area contributed by atoms with Gasteiger partial charge in [-0.25, -0.2) is 0 Å². The summed E-state index contributed by atoms with van der Waals surface area (Å²) in [4.78, 5) is 12.0. The number of benzene rings is 1. The van der Waals surface area contributed by atoms with Crippen LogP contribution in [0.25, 0.3) is 0 Å². The zero-order valence-corrected chi connectivity index (χ0v) is 12.1. The Labute approximate surface area is 116 Å². The minimum absolute atomic E-state index is 0. The summed E-state index contributed by atoms with van der Waals surface area (Å²) in [7, 11) is 0. The summed E-state index contributed by atoms with van der Waals surface area (Å²) in [5.74, 6) is -0.243. The van der Waals surface area contributed by atoms with Crippen molar-refractivity contribution < 1.29 is 4.79 Å². The highest BCUT2D eigenvalue weighted by atomic mass is 35.5. The number of amides is 1. The average Bonchev–Trinajstić information content (AvgIpc) is 2.28. The van der Waals surface area contributed by atoms with Gasteiger partial charge in [0.25, 0.3) is 0 Å². The van der Waals surface area contributed by atoms with Crippen LogP contribution in [0.2, 0.25) is 0 Å². The number of nitrogens with two attached hydrogens (primary N) is 1. The van der Waals surface area contributed by atoms with Crippen LogP contribution in [0, 0.1) is 5.41 Å². The van der Waals surface area contributed by atoms with Gasteiger partial charge in [-0.05, 0) is 11.0 Å². The topological polar surface area (TPSA) is 55.1 Å². The largest absolute Gasteiger partial charge is 0.355 e. The molecule has 0 saturated carbocycles. The van der Waals surface area contributed by atoms with E-state index in [1.165, 1.54) is 0 Å². The molecule has 0 radical (unpaired) electrons. The molecule has 1 rings (SSSR count). The number of halogens is 1. The molecule has 0 aliphatic rings. The van der Waals surface area contributed by atoms with E-state index >= 15 is 0 Å². The molecule has 0 heterocycles. The monoisotopic (exact) mass is 270 g/mol. The Morgan fingerprint density at radius 2 is 1.83 bits per heavy atom. The van der Waals surface area contributed by atoms with Crippen molar-refractivity contribution in [3.05, 3.63) is 35.9 Å². The van der Waals surface area contributed by atoms with Crippen LogP contribution in [0.1, 0.15) is 32.3 Å². The van der Waals surface area contributed by atoms with Crippen LogP contribution in [-0.2, 0) is 4.79 Å². The van der Waals surface area contributed by atoms with Gasteiger partial charge in [0.15, 0.2) is 0 Å². The first-order valence-electron chi connectivity index (χ1n) is 5.97. The number of hydrogen-bond acceptors (Lipinski definition) is 2. The first-order valence-corrected chi connectivity index (χ1v) is 5.97. The Morgan fingerprint density at radius 1 is 1.28 bits per heavy atom. The van der Waals surface area contributed by atoms with Crippen molar-refractivity contribution in [2.45, 2.75) is 26.7 Å². The van der Waals surface area contributed by atoms with Gasteiger partial charge in [0.1, 0.15) is 0 Å². The summed E-state index contributed by atoms with van der Waals surface area (Å²) in [6.07, 6.45) is 0. The smallest absolute Gasteiger partial charge is 0.228 e. The van der Waals surface area contributed by atoms with E-state index in [0.717, 1.165) is 5.56 Å². The average molecular weight is 271 g/mol. The van der Waals surface area contributed by atoms with Gasteiger partial charge in [0.2, 0.25) is 5.91 Å². The third-order valence-electron chi connectivity index (χ3n) is 2.55. The highest BCUT2D eigenvalue weighted by molar-refractivity contribution is 5.85. The van der Waals surface area contributed by atoms with Crippen LogP contribution < -0.4 is 11.1 Å². The molecular weight excluding hydrogens is 248 g/mol. The third-order valence-corrected chi connectivity index (χ3v) is 2.55. The van der Waals surface area contributed by atoms with Crippen molar-refractivity contribution in [1.82, 2.24) is 5.32 Å². The number of carbonyl (C=O) groups is 1. The van der Waals surface area contributed by atoms with Gasteiger partial charge in [-0.15, -0.1) is 12.4 Å². The third kappa shape index (κ3) is 5.52. The van der Waals surface area contributed by atoms with Crippen molar-refractivity contribution in [3.63, 3.8) is 0 Å². The summed E-state index contributed by atoms with van der Waals surface area (Å²) in [6.45, 7) is 7.27. The molecule has 0 aromatic heterocycles. The second kappa shape index (κ2) is 7.39. The summed E-state index contributed by atoms with van der Waals surface area (Å²) in [5, 5.41) is 2.95. The summed E-state index contributed by atoms with van der Waals surface area (Å²) in [6, 6.07) is 9.66. The molecule has 1 amide bonds. The molecule has 1 atom stereocenters. The zero-order chi connectivity index (χ0) is 12.9. The van der Waals surface area contributed by atoms with E-state index in [1.54, 1.807) is 0 Å². The van der Waals surface area contributed by atoms with Gasteiger partial charge < -0.3 is 11.1 Å². The van der Waals surface area contributed by atoms with Crippen LogP contribution in [0.5, 0.6) is 0 Å². The maximum absolute atomic E-state index is 12.0. The van der Waals surface area contributed by atoms with Gasteiger partial charge in [0.05, 0.1) is 5.92 Å². The lowest BCUT2D eigenvalue weighted by molar-refractivity contribution is -0.122. The lowest BCUT2D eigenvalue weighted by atomic mass is 9.95. The summed E-state index contributed by atoms with van der Waals surface area (Å²) < 4.78 is 0. The molecule has 0 spiro atoms. The molecule has 0 saturated heterocycles. The zero-order valence-electron chi connectivity index (χ0n) is 11.3. The standard InChI is InChI=1S/C14H22N2O.ClH/c1-14(2,3)10-16-13(17)12(9-15)11-7-5-4-6-8-11;/h4-8,12H,9-10,15H2,1-3H3,(H,16,17);1H. The van der Waals surface area contributed by atoms with E-state index in [2.05, 4.69) is 26.1 Å². The van der Waals surface area contributed by atoms with Crippen molar-refractivity contribution in [2.24, 2.45) is 11.1 Å². The molecule has 0 aliphatic carbocycles. The predicted molar refractivity (Wildman–Crippen MR) is 78.0 cm³/mol. The molecule has 1 aromatic carbocycles. The first kappa shape index (κ1) is 16.9. The summed E-state index contributed by atoms with van der Waals surface area (Å²) in [5.41, 5.74) is 6.75. The van der Waals surface area contributed by atoms with Gasteiger partial charge in [0, 0.05) is 13.1 Å². The number of carbonyl (C=O) groups excluding carboxylic acids is 1. The van der Waals surface area contributed by atoms with Crippen molar-refractivity contribution >= 4 is 18.3 Å². The number of rotatable bonds is 4. The normalized spacial score (nSPS) is 12.4. The number of hydrogen-bond donors (Lipinski definition) is 2. The van der Waals surface area contributed by atoms with Crippen LogP contribution in [-0.4, -0.2) is 19.0 Å². The molecule has 102 valence electrons. The molecule has 0 aliphatic heterocycles. The SMILES string of the molecule is CC(C)(C)CNC(=O)C(CN)c1ccccc1.Cl. The molecule has 3 N–H and O–H groups in total. The molecule has 1 aromatic rings.